The highest BCUT2D eigenvalue weighted by molar-refractivity contribution is 5.70. The van der Waals surface area contributed by atoms with Crippen LogP contribution in [0, 0.1) is 5.92 Å². The molecule has 0 aliphatic carbocycles. The van der Waals surface area contributed by atoms with Gasteiger partial charge in [0.05, 0.1) is 19.6 Å². The molecule has 1 saturated heterocycles. The molecule has 4 atom stereocenters. The Morgan fingerprint density at radius 2 is 1.91 bits per heavy atom. The van der Waals surface area contributed by atoms with Gasteiger partial charge in [-0.15, -0.1) is 0 Å². The lowest BCUT2D eigenvalue weighted by Crippen LogP contribution is -2.33. The third kappa shape index (κ3) is 4.43. The van der Waals surface area contributed by atoms with Gasteiger partial charge in [0.25, 0.3) is 0 Å². The maximum atomic E-state index is 11.8. The van der Waals surface area contributed by atoms with E-state index in [0.717, 1.165) is 11.3 Å². The quantitative estimate of drug-likeness (QED) is 0.690. The van der Waals surface area contributed by atoms with E-state index in [1.54, 1.807) is 0 Å². The molecule has 3 N–H and O–H groups in total. The lowest BCUT2D eigenvalue weighted by atomic mass is 9.79. The maximum absolute atomic E-state index is 11.8. The van der Waals surface area contributed by atoms with Crippen LogP contribution in [0.25, 0.3) is 0 Å². The van der Waals surface area contributed by atoms with Crippen LogP contribution in [-0.2, 0) is 9.53 Å². The molecule has 0 bridgehead atoms. The Bertz CT molecular complexity index is 508. The molecule has 6 heteroatoms. The number of methoxy groups -OCH3 is 1. The van der Waals surface area contributed by atoms with Gasteiger partial charge in [-0.2, -0.15) is 0 Å². The summed E-state index contributed by atoms with van der Waals surface area (Å²) in [5.74, 6) is 0.217. The SMILES string of the molecule is COC(=O)CC(c1ccc(OC(C)C)cc1)C1C(C)NNC1O. The minimum atomic E-state index is -0.716. The highest BCUT2D eigenvalue weighted by Crippen LogP contribution is 2.35. The zero-order valence-electron chi connectivity index (χ0n) is 14.1. The number of aliphatic hydroxyl groups is 1. The first-order valence-electron chi connectivity index (χ1n) is 7.95. The van der Waals surface area contributed by atoms with Gasteiger partial charge in [0, 0.05) is 17.9 Å². The van der Waals surface area contributed by atoms with E-state index in [4.69, 9.17) is 9.47 Å². The van der Waals surface area contributed by atoms with E-state index >= 15 is 0 Å². The fraction of sp³-hybridized carbons (Fsp3) is 0.588. The number of hydrogen-bond acceptors (Lipinski definition) is 6. The van der Waals surface area contributed by atoms with Crippen LogP contribution in [0.5, 0.6) is 5.75 Å². The van der Waals surface area contributed by atoms with E-state index in [2.05, 4.69) is 10.9 Å². The van der Waals surface area contributed by atoms with Gasteiger partial charge in [-0.1, -0.05) is 12.1 Å². The molecule has 1 fully saturated rings. The Labute approximate surface area is 137 Å². The van der Waals surface area contributed by atoms with Crippen molar-refractivity contribution in [1.29, 1.82) is 0 Å². The third-order valence-corrected chi connectivity index (χ3v) is 4.16. The van der Waals surface area contributed by atoms with Crippen LogP contribution in [0.4, 0.5) is 0 Å². The second kappa shape index (κ2) is 7.77. The maximum Gasteiger partial charge on any atom is 0.306 e. The van der Waals surface area contributed by atoms with Crippen LogP contribution in [-0.4, -0.2) is 36.6 Å². The molecule has 0 amide bonds. The lowest BCUT2D eigenvalue weighted by molar-refractivity contribution is -0.141. The lowest BCUT2D eigenvalue weighted by Gasteiger charge is -2.27. The number of nitrogens with one attached hydrogen (secondary N) is 2. The fourth-order valence-electron chi connectivity index (χ4n) is 3.06. The molecule has 1 aliphatic rings. The summed E-state index contributed by atoms with van der Waals surface area (Å²) in [7, 11) is 1.38. The molecule has 0 aromatic heterocycles. The van der Waals surface area contributed by atoms with Crippen LogP contribution in [0.15, 0.2) is 24.3 Å². The van der Waals surface area contributed by atoms with E-state index in [0.29, 0.717) is 0 Å². The van der Waals surface area contributed by atoms with E-state index in [1.165, 1.54) is 7.11 Å². The topological polar surface area (TPSA) is 79.8 Å². The number of carbonyl (C=O) groups excluding carboxylic acids is 1. The second-order valence-electron chi connectivity index (χ2n) is 6.22. The van der Waals surface area contributed by atoms with Crippen molar-refractivity contribution in [2.45, 2.75) is 51.5 Å². The predicted octanol–water partition coefficient (Wildman–Crippen LogP) is 1.55. The third-order valence-electron chi connectivity index (χ3n) is 4.16. The van der Waals surface area contributed by atoms with Crippen molar-refractivity contribution in [3.05, 3.63) is 29.8 Å². The first kappa shape index (κ1) is 17.7. The highest BCUT2D eigenvalue weighted by Gasteiger charge is 2.39. The van der Waals surface area contributed by atoms with Gasteiger partial charge in [-0.05, 0) is 38.5 Å². The summed E-state index contributed by atoms with van der Waals surface area (Å²) < 4.78 is 10.5. The molecule has 6 nitrogen and oxygen atoms in total. The Morgan fingerprint density at radius 1 is 1.26 bits per heavy atom. The number of ether oxygens (including phenoxy) is 2. The van der Waals surface area contributed by atoms with Gasteiger partial charge in [0.1, 0.15) is 12.0 Å². The van der Waals surface area contributed by atoms with Gasteiger partial charge in [-0.25, -0.2) is 5.43 Å². The molecule has 2 rings (SSSR count). The molecule has 4 unspecified atom stereocenters. The fourth-order valence-corrected chi connectivity index (χ4v) is 3.06. The van der Waals surface area contributed by atoms with E-state index < -0.39 is 6.23 Å². The highest BCUT2D eigenvalue weighted by atomic mass is 16.5. The summed E-state index contributed by atoms with van der Waals surface area (Å²) in [6.45, 7) is 5.93. The average Bonchev–Trinajstić information content (AvgIpc) is 2.84. The van der Waals surface area contributed by atoms with Gasteiger partial charge >= 0.3 is 5.97 Å². The van der Waals surface area contributed by atoms with Crippen LogP contribution < -0.4 is 15.6 Å². The number of aliphatic hydroxyl groups excluding tert-OH is 1. The second-order valence-corrected chi connectivity index (χ2v) is 6.22. The van der Waals surface area contributed by atoms with E-state index in [-0.39, 0.29) is 36.4 Å². The summed E-state index contributed by atoms with van der Waals surface area (Å²) >= 11 is 0. The van der Waals surface area contributed by atoms with Crippen molar-refractivity contribution >= 4 is 5.97 Å². The number of benzene rings is 1. The number of hydrogen-bond donors (Lipinski definition) is 3. The van der Waals surface area contributed by atoms with Gasteiger partial charge in [0.15, 0.2) is 0 Å². The number of hydrazine groups is 1. The molecule has 1 aliphatic heterocycles. The molecule has 128 valence electrons. The molecule has 0 radical (unpaired) electrons. The van der Waals surface area contributed by atoms with Crippen LogP contribution in [0.2, 0.25) is 0 Å². The molecule has 0 spiro atoms. The Kier molecular flexibility index (Phi) is 5.98. The summed E-state index contributed by atoms with van der Waals surface area (Å²) in [4.78, 5) is 11.8. The van der Waals surface area contributed by atoms with Crippen LogP contribution >= 0.6 is 0 Å². The van der Waals surface area contributed by atoms with Gasteiger partial charge in [0.2, 0.25) is 0 Å². The minimum absolute atomic E-state index is 0.0336. The van der Waals surface area contributed by atoms with Crippen LogP contribution in [0.1, 0.15) is 38.7 Å². The molecule has 1 aromatic carbocycles. The Morgan fingerprint density at radius 3 is 2.39 bits per heavy atom. The van der Waals surface area contributed by atoms with Crippen molar-refractivity contribution in [3.8, 4) is 5.75 Å². The van der Waals surface area contributed by atoms with Crippen LogP contribution in [0.3, 0.4) is 0 Å². The minimum Gasteiger partial charge on any atom is -0.491 e. The summed E-state index contributed by atoms with van der Waals surface area (Å²) in [5, 5.41) is 10.2. The predicted molar refractivity (Wildman–Crippen MR) is 86.8 cm³/mol. The Balaban J connectivity index is 2.24. The van der Waals surface area contributed by atoms with Crippen molar-refractivity contribution in [3.63, 3.8) is 0 Å². The Hall–Kier alpha value is -1.63. The summed E-state index contributed by atoms with van der Waals surface area (Å²) in [6, 6.07) is 7.72. The first-order valence-corrected chi connectivity index (χ1v) is 7.95. The molecule has 1 heterocycles. The smallest absolute Gasteiger partial charge is 0.306 e. The molecule has 1 aromatic rings. The molecule has 0 saturated carbocycles. The van der Waals surface area contributed by atoms with Gasteiger partial charge in [-0.3, -0.25) is 10.2 Å². The monoisotopic (exact) mass is 322 g/mol. The van der Waals surface area contributed by atoms with Crippen molar-refractivity contribution in [1.82, 2.24) is 10.9 Å². The van der Waals surface area contributed by atoms with Crippen molar-refractivity contribution < 1.29 is 19.4 Å². The standard InChI is InChI=1S/C17H26N2O4/c1-10(2)23-13-7-5-12(6-8-13)14(9-15(20)22-4)16-11(3)18-19-17(16)21/h5-8,10-11,14,16-19,21H,9H2,1-4H3. The zero-order chi connectivity index (χ0) is 17.0. The number of rotatable bonds is 6. The normalized spacial score (nSPS) is 25.4. The van der Waals surface area contributed by atoms with Crippen molar-refractivity contribution in [2.75, 3.05) is 7.11 Å². The molecule has 23 heavy (non-hydrogen) atoms. The van der Waals surface area contributed by atoms with E-state index in [1.807, 2.05) is 45.0 Å². The van der Waals surface area contributed by atoms with E-state index in [9.17, 15) is 9.90 Å². The van der Waals surface area contributed by atoms with Crippen molar-refractivity contribution in [2.24, 2.45) is 5.92 Å². The molecular weight excluding hydrogens is 296 g/mol. The average molecular weight is 322 g/mol. The summed E-state index contributed by atoms with van der Waals surface area (Å²) in [5.41, 5.74) is 6.83. The number of esters is 1. The first-order chi connectivity index (χ1) is 10.9. The largest absolute Gasteiger partial charge is 0.491 e. The zero-order valence-corrected chi connectivity index (χ0v) is 14.1. The van der Waals surface area contributed by atoms with Gasteiger partial charge < -0.3 is 14.6 Å². The molecular formula is C17H26N2O4. The number of carbonyl (C=O) groups is 1. The summed E-state index contributed by atoms with van der Waals surface area (Å²) in [6.07, 6.45) is -0.390.